The molecule has 1 aromatic rings. The van der Waals surface area contributed by atoms with E-state index in [0.29, 0.717) is 25.4 Å². The number of nitrogens with one attached hydrogen (secondary N) is 1. The van der Waals surface area contributed by atoms with Gasteiger partial charge >= 0.3 is 0 Å². The first-order valence-corrected chi connectivity index (χ1v) is 7.99. The van der Waals surface area contributed by atoms with E-state index < -0.39 is 0 Å². The highest BCUT2D eigenvalue weighted by molar-refractivity contribution is 5.77. The minimum absolute atomic E-state index is 0.0386. The molecule has 1 aromatic carbocycles. The molecule has 2 fully saturated rings. The topological polar surface area (TPSA) is 32.3 Å². The Hall–Kier alpha value is -1.42. The van der Waals surface area contributed by atoms with Gasteiger partial charge in [0, 0.05) is 26.1 Å². The van der Waals surface area contributed by atoms with Crippen LogP contribution in [0.3, 0.4) is 0 Å². The molecule has 1 heterocycles. The van der Waals surface area contributed by atoms with Crippen LogP contribution < -0.4 is 5.32 Å². The minimum atomic E-state index is -0.235. The van der Waals surface area contributed by atoms with Gasteiger partial charge in [0.2, 0.25) is 5.91 Å². The van der Waals surface area contributed by atoms with E-state index in [1.807, 2.05) is 11.0 Å². The van der Waals surface area contributed by atoms with Crippen LogP contribution in [-0.4, -0.2) is 30.4 Å². The number of benzene rings is 1. The normalized spacial score (nSPS) is 23.5. The van der Waals surface area contributed by atoms with Gasteiger partial charge < -0.3 is 10.2 Å². The van der Waals surface area contributed by atoms with E-state index in [1.165, 1.54) is 31.7 Å². The zero-order valence-corrected chi connectivity index (χ0v) is 12.4. The van der Waals surface area contributed by atoms with Crippen molar-refractivity contribution in [2.45, 2.75) is 38.1 Å². The SMILES string of the molecule is O=C(CC1CCCC1)N1CCNCC1c1cccc(F)c1. The third-order valence-electron chi connectivity index (χ3n) is 4.74. The van der Waals surface area contributed by atoms with E-state index in [1.54, 1.807) is 12.1 Å². The van der Waals surface area contributed by atoms with Crippen LogP contribution in [0.2, 0.25) is 0 Å². The summed E-state index contributed by atoms with van der Waals surface area (Å²) in [6.45, 7) is 2.24. The molecule has 2 aliphatic rings. The minimum Gasteiger partial charge on any atom is -0.333 e. The van der Waals surface area contributed by atoms with Crippen molar-refractivity contribution in [2.24, 2.45) is 5.92 Å². The lowest BCUT2D eigenvalue weighted by Crippen LogP contribution is -2.49. The van der Waals surface area contributed by atoms with Crippen LogP contribution in [0, 0.1) is 11.7 Å². The maximum atomic E-state index is 13.5. The number of hydrogen-bond donors (Lipinski definition) is 1. The van der Waals surface area contributed by atoms with Crippen LogP contribution in [0.15, 0.2) is 24.3 Å². The second-order valence-corrected chi connectivity index (χ2v) is 6.22. The maximum absolute atomic E-state index is 13.5. The molecule has 21 heavy (non-hydrogen) atoms. The van der Waals surface area contributed by atoms with Crippen molar-refractivity contribution < 1.29 is 9.18 Å². The fourth-order valence-electron chi connectivity index (χ4n) is 3.59. The molecule has 1 saturated carbocycles. The average molecular weight is 290 g/mol. The summed E-state index contributed by atoms with van der Waals surface area (Å²) in [5, 5.41) is 3.31. The second-order valence-electron chi connectivity index (χ2n) is 6.22. The first-order valence-electron chi connectivity index (χ1n) is 7.99. The Labute approximate surface area is 125 Å². The molecule has 0 aromatic heterocycles. The molecule has 1 aliphatic carbocycles. The largest absolute Gasteiger partial charge is 0.333 e. The van der Waals surface area contributed by atoms with Crippen molar-refractivity contribution in [1.82, 2.24) is 10.2 Å². The van der Waals surface area contributed by atoms with Crippen molar-refractivity contribution in [3.8, 4) is 0 Å². The smallest absolute Gasteiger partial charge is 0.223 e. The van der Waals surface area contributed by atoms with E-state index >= 15 is 0 Å². The highest BCUT2D eigenvalue weighted by atomic mass is 19.1. The van der Waals surface area contributed by atoms with Crippen LogP contribution in [0.5, 0.6) is 0 Å². The molecule has 0 bridgehead atoms. The highest BCUT2D eigenvalue weighted by Crippen LogP contribution is 2.30. The number of nitrogens with zero attached hydrogens (tertiary/aromatic N) is 1. The van der Waals surface area contributed by atoms with Crippen LogP contribution >= 0.6 is 0 Å². The van der Waals surface area contributed by atoms with Gasteiger partial charge in [0.05, 0.1) is 6.04 Å². The zero-order valence-electron chi connectivity index (χ0n) is 12.4. The second kappa shape index (κ2) is 6.56. The monoisotopic (exact) mass is 290 g/mol. The fraction of sp³-hybridized carbons (Fsp3) is 0.588. The maximum Gasteiger partial charge on any atom is 0.223 e. The molecule has 0 spiro atoms. The summed E-state index contributed by atoms with van der Waals surface area (Å²) in [5.74, 6) is 0.555. The summed E-state index contributed by atoms with van der Waals surface area (Å²) in [7, 11) is 0. The molecule has 1 amide bonds. The Morgan fingerprint density at radius 3 is 2.90 bits per heavy atom. The zero-order chi connectivity index (χ0) is 14.7. The lowest BCUT2D eigenvalue weighted by molar-refractivity contribution is -0.135. The summed E-state index contributed by atoms with van der Waals surface area (Å²) < 4.78 is 13.5. The van der Waals surface area contributed by atoms with Crippen molar-refractivity contribution >= 4 is 5.91 Å². The van der Waals surface area contributed by atoms with Crippen LogP contribution in [-0.2, 0) is 4.79 Å². The molecular formula is C17H23FN2O. The van der Waals surface area contributed by atoms with Gasteiger partial charge in [0.15, 0.2) is 0 Å². The molecule has 3 rings (SSSR count). The Kier molecular flexibility index (Phi) is 4.54. The molecule has 4 heteroatoms. The van der Waals surface area contributed by atoms with E-state index in [2.05, 4.69) is 5.32 Å². The summed E-state index contributed by atoms with van der Waals surface area (Å²) in [5.41, 5.74) is 0.891. The quantitative estimate of drug-likeness (QED) is 0.928. The van der Waals surface area contributed by atoms with Crippen molar-refractivity contribution in [3.63, 3.8) is 0 Å². The van der Waals surface area contributed by atoms with Crippen molar-refractivity contribution in [2.75, 3.05) is 19.6 Å². The molecular weight excluding hydrogens is 267 g/mol. The van der Waals surface area contributed by atoms with E-state index in [9.17, 15) is 9.18 Å². The number of halogens is 1. The summed E-state index contributed by atoms with van der Waals surface area (Å²) in [6, 6.07) is 6.59. The number of rotatable bonds is 3. The first-order chi connectivity index (χ1) is 10.2. The molecule has 1 saturated heterocycles. The van der Waals surface area contributed by atoms with Gasteiger partial charge in [-0.25, -0.2) is 4.39 Å². The number of piperazine rings is 1. The predicted molar refractivity (Wildman–Crippen MR) is 80.3 cm³/mol. The van der Waals surface area contributed by atoms with E-state index in [-0.39, 0.29) is 17.8 Å². The Balaban J connectivity index is 1.72. The Bertz CT molecular complexity index is 499. The van der Waals surface area contributed by atoms with E-state index in [4.69, 9.17) is 0 Å². The molecule has 1 unspecified atom stereocenters. The molecule has 114 valence electrons. The van der Waals surface area contributed by atoms with Crippen LogP contribution in [0.4, 0.5) is 4.39 Å². The van der Waals surface area contributed by atoms with Gasteiger partial charge in [-0.3, -0.25) is 4.79 Å². The Morgan fingerprint density at radius 2 is 2.14 bits per heavy atom. The molecule has 1 atom stereocenters. The van der Waals surface area contributed by atoms with Crippen LogP contribution in [0.25, 0.3) is 0 Å². The van der Waals surface area contributed by atoms with Crippen LogP contribution in [0.1, 0.15) is 43.7 Å². The molecule has 3 nitrogen and oxygen atoms in total. The van der Waals surface area contributed by atoms with Gasteiger partial charge in [-0.2, -0.15) is 0 Å². The number of amides is 1. The van der Waals surface area contributed by atoms with E-state index in [0.717, 1.165) is 12.1 Å². The Morgan fingerprint density at radius 1 is 1.33 bits per heavy atom. The highest BCUT2D eigenvalue weighted by Gasteiger charge is 2.30. The first kappa shape index (κ1) is 14.5. The molecule has 0 radical (unpaired) electrons. The lowest BCUT2D eigenvalue weighted by atomic mass is 9.99. The van der Waals surface area contributed by atoms with Gasteiger partial charge in [0.1, 0.15) is 5.82 Å². The average Bonchev–Trinajstić information content (AvgIpc) is 3.00. The number of carbonyl (C=O) groups excluding carboxylic acids is 1. The van der Waals surface area contributed by atoms with Gasteiger partial charge in [-0.1, -0.05) is 25.0 Å². The number of hydrogen-bond acceptors (Lipinski definition) is 2. The summed E-state index contributed by atoms with van der Waals surface area (Å²) >= 11 is 0. The standard InChI is InChI=1S/C17H23FN2O/c18-15-7-3-6-14(11-15)16-12-19-8-9-20(16)17(21)10-13-4-1-2-5-13/h3,6-7,11,13,16,19H,1-2,4-5,8-10,12H2. The summed E-state index contributed by atoms with van der Waals surface area (Å²) in [6.07, 6.45) is 5.54. The fourth-order valence-corrected chi connectivity index (χ4v) is 3.59. The van der Waals surface area contributed by atoms with Gasteiger partial charge in [-0.05, 0) is 36.5 Å². The third-order valence-corrected chi connectivity index (χ3v) is 4.74. The number of carbonyl (C=O) groups is 1. The van der Waals surface area contributed by atoms with Crippen molar-refractivity contribution in [3.05, 3.63) is 35.6 Å². The molecule has 1 N–H and O–H groups in total. The third kappa shape index (κ3) is 3.43. The molecule has 1 aliphatic heterocycles. The van der Waals surface area contributed by atoms with Crippen molar-refractivity contribution in [1.29, 1.82) is 0 Å². The lowest BCUT2D eigenvalue weighted by Gasteiger charge is -2.37. The van der Waals surface area contributed by atoms with Gasteiger partial charge in [0.25, 0.3) is 0 Å². The van der Waals surface area contributed by atoms with Gasteiger partial charge in [-0.15, -0.1) is 0 Å². The predicted octanol–water partition coefficient (Wildman–Crippen LogP) is 2.88. The summed E-state index contributed by atoms with van der Waals surface area (Å²) in [4.78, 5) is 14.6.